The monoisotopic (exact) mass is 308 g/mol. The summed E-state index contributed by atoms with van der Waals surface area (Å²) in [4.78, 5) is 34.7. The third-order valence-electron chi connectivity index (χ3n) is 3.57. The number of methoxy groups -OCH3 is 1. The molecular formula is C14H16N2O6. The van der Waals surface area contributed by atoms with Crippen LogP contribution in [0.1, 0.15) is 24.8 Å². The fourth-order valence-electron chi connectivity index (χ4n) is 2.60. The van der Waals surface area contributed by atoms with Crippen molar-refractivity contribution in [2.45, 2.75) is 25.7 Å². The molecular weight excluding hydrogens is 292 g/mol. The van der Waals surface area contributed by atoms with E-state index >= 15 is 0 Å². The molecule has 0 atom stereocenters. The van der Waals surface area contributed by atoms with E-state index in [1.165, 1.54) is 24.1 Å². The Kier molecular flexibility index (Phi) is 4.59. The van der Waals surface area contributed by atoms with Crippen LogP contribution in [0.4, 0.5) is 11.4 Å². The topological polar surface area (TPSA) is 110 Å². The maximum Gasteiger partial charge on any atom is 0.303 e. The number of nitro benzene ring substituents is 1. The van der Waals surface area contributed by atoms with Gasteiger partial charge >= 0.3 is 5.97 Å². The quantitative estimate of drug-likeness (QED) is 0.633. The third-order valence-corrected chi connectivity index (χ3v) is 3.57. The third kappa shape index (κ3) is 3.00. The van der Waals surface area contributed by atoms with Gasteiger partial charge in [0.1, 0.15) is 11.4 Å². The van der Waals surface area contributed by atoms with Gasteiger partial charge in [-0.25, -0.2) is 0 Å². The number of carboxylic acids is 1. The van der Waals surface area contributed by atoms with Crippen LogP contribution in [0.25, 0.3) is 0 Å². The van der Waals surface area contributed by atoms with Crippen molar-refractivity contribution in [3.8, 4) is 5.75 Å². The molecule has 1 aromatic carbocycles. The number of nitrogens with zero attached hydrogens (tertiary/aromatic N) is 2. The maximum absolute atomic E-state index is 12.2. The second-order valence-electron chi connectivity index (χ2n) is 4.91. The second kappa shape index (κ2) is 6.42. The summed E-state index contributed by atoms with van der Waals surface area (Å²) in [5.74, 6) is -0.764. The molecule has 0 spiro atoms. The van der Waals surface area contributed by atoms with Crippen molar-refractivity contribution in [1.29, 1.82) is 0 Å². The number of benzene rings is 1. The van der Waals surface area contributed by atoms with Gasteiger partial charge in [-0.3, -0.25) is 19.7 Å². The van der Waals surface area contributed by atoms with Crippen LogP contribution < -0.4 is 9.64 Å². The van der Waals surface area contributed by atoms with Crippen LogP contribution in [0.2, 0.25) is 0 Å². The molecule has 1 aliphatic rings. The number of hydrogen-bond donors (Lipinski definition) is 1. The lowest BCUT2D eigenvalue weighted by Crippen LogP contribution is -2.29. The van der Waals surface area contributed by atoms with Gasteiger partial charge in [-0.2, -0.15) is 0 Å². The molecule has 118 valence electrons. The first-order valence-corrected chi connectivity index (χ1v) is 6.82. The SMILES string of the molecule is COc1ccc([N+](=O)[O-])c2c1CCN2C(=O)CCCC(=O)O. The average Bonchev–Trinajstić information content (AvgIpc) is 2.90. The molecule has 0 unspecified atom stereocenters. The van der Waals surface area contributed by atoms with Crippen LogP contribution in [0.5, 0.6) is 5.75 Å². The Labute approximate surface area is 126 Å². The lowest BCUT2D eigenvalue weighted by atomic mass is 10.1. The smallest absolute Gasteiger partial charge is 0.303 e. The standard InChI is InChI=1S/C14H16N2O6/c1-22-11-6-5-10(16(20)21)14-9(11)7-8-15(14)12(17)3-2-4-13(18)19/h5-6H,2-4,7-8H2,1H3,(H,18,19). The Bertz CT molecular complexity index is 628. The summed E-state index contributed by atoms with van der Waals surface area (Å²) in [5.41, 5.74) is 0.771. The summed E-state index contributed by atoms with van der Waals surface area (Å²) < 4.78 is 5.19. The molecule has 1 heterocycles. The Morgan fingerprint density at radius 3 is 2.73 bits per heavy atom. The normalized spacial score (nSPS) is 12.9. The van der Waals surface area contributed by atoms with Crippen molar-refractivity contribution in [1.82, 2.24) is 0 Å². The molecule has 22 heavy (non-hydrogen) atoms. The van der Waals surface area contributed by atoms with E-state index in [4.69, 9.17) is 9.84 Å². The zero-order valence-corrected chi connectivity index (χ0v) is 12.1. The number of carbonyl (C=O) groups is 2. The fourth-order valence-corrected chi connectivity index (χ4v) is 2.60. The van der Waals surface area contributed by atoms with Gasteiger partial charge < -0.3 is 14.7 Å². The number of amides is 1. The zero-order chi connectivity index (χ0) is 16.3. The number of hydrogen-bond acceptors (Lipinski definition) is 5. The Morgan fingerprint density at radius 1 is 1.41 bits per heavy atom. The molecule has 1 amide bonds. The van der Waals surface area contributed by atoms with Crippen LogP contribution in [0.3, 0.4) is 0 Å². The van der Waals surface area contributed by atoms with Gasteiger partial charge in [-0.05, 0) is 18.9 Å². The Hall–Kier alpha value is -2.64. The van der Waals surface area contributed by atoms with Crippen LogP contribution in [-0.2, 0) is 16.0 Å². The lowest BCUT2D eigenvalue weighted by molar-refractivity contribution is -0.384. The highest BCUT2D eigenvalue weighted by Gasteiger charge is 2.34. The number of nitro groups is 1. The van der Waals surface area contributed by atoms with Gasteiger partial charge in [0.05, 0.1) is 12.0 Å². The lowest BCUT2D eigenvalue weighted by Gasteiger charge is -2.17. The highest BCUT2D eigenvalue weighted by Crippen LogP contribution is 2.42. The zero-order valence-electron chi connectivity index (χ0n) is 12.1. The Balaban J connectivity index is 2.28. The fraction of sp³-hybridized carbons (Fsp3) is 0.429. The van der Waals surface area contributed by atoms with E-state index in [2.05, 4.69) is 0 Å². The molecule has 1 aromatic rings. The molecule has 0 saturated carbocycles. The highest BCUT2D eigenvalue weighted by atomic mass is 16.6. The molecule has 1 N–H and O–H groups in total. The van der Waals surface area contributed by atoms with E-state index in [0.717, 1.165) is 0 Å². The van der Waals surface area contributed by atoms with Crippen molar-refractivity contribution < 1.29 is 24.4 Å². The van der Waals surface area contributed by atoms with Crippen molar-refractivity contribution >= 4 is 23.3 Å². The first-order chi connectivity index (χ1) is 10.5. The van der Waals surface area contributed by atoms with Gasteiger partial charge in [-0.1, -0.05) is 0 Å². The highest BCUT2D eigenvalue weighted by molar-refractivity contribution is 5.98. The number of carboxylic acid groups (broad SMARTS) is 1. The van der Waals surface area contributed by atoms with Crippen molar-refractivity contribution in [2.75, 3.05) is 18.6 Å². The first kappa shape index (κ1) is 15.7. The van der Waals surface area contributed by atoms with Crippen LogP contribution in [0.15, 0.2) is 12.1 Å². The molecule has 0 aromatic heterocycles. The van der Waals surface area contributed by atoms with Crippen LogP contribution >= 0.6 is 0 Å². The number of ether oxygens (including phenoxy) is 1. The largest absolute Gasteiger partial charge is 0.496 e. The van der Waals surface area contributed by atoms with Gasteiger partial charge in [0.2, 0.25) is 5.91 Å². The van der Waals surface area contributed by atoms with Gasteiger partial charge in [0.25, 0.3) is 5.69 Å². The summed E-state index contributed by atoms with van der Waals surface area (Å²) >= 11 is 0. The summed E-state index contributed by atoms with van der Waals surface area (Å²) in [6, 6.07) is 2.84. The summed E-state index contributed by atoms with van der Waals surface area (Å²) in [6.45, 7) is 0.336. The van der Waals surface area contributed by atoms with E-state index < -0.39 is 10.9 Å². The molecule has 0 saturated heterocycles. The molecule has 0 aliphatic carbocycles. The first-order valence-electron chi connectivity index (χ1n) is 6.82. The van der Waals surface area contributed by atoms with Crippen molar-refractivity contribution in [3.63, 3.8) is 0 Å². The number of fused-ring (bicyclic) bond motifs is 1. The van der Waals surface area contributed by atoms with E-state index in [1.54, 1.807) is 0 Å². The van der Waals surface area contributed by atoms with E-state index in [9.17, 15) is 19.7 Å². The number of aliphatic carboxylic acids is 1. The van der Waals surface area contributed by atoms with Crippen molar-refractivity contribution in [3.05, 3.63) is 27.8 Å². The minimum absolute atomic E-state index is 0.0418. The summed E-state index contributed by atoms with van der Waals surface area (Å²) in [6.07, 6.45) is 0.620. The maximum atomic E-state index is 12.2. The van der Waals surface area contributed by atoms with E-state index in [-0.39, 0.29) is 36.5 Å². The number of anilines is 1. The molecule has 8 nitrogen and oxygen atoms in total. The molecule has 0 fully saturated rings. The van der Waals surface area contributed by atoms with Gasteiger partial charge in [-0.15, -0.1) is 0 Å². The summed E-state index contributed by atoms with van der Waals surface area (Å²) in [5, 5.41) is 19.8. The second-order valence-corrected chi connectivity index (χ2v) is 4.91. The van der Waals surface area contributed by atoms with E-state index in [1.807, 2.05) is 0 Å². The predicted molar refractivity (Wildman–Crippen MR) is 77.2 cm³/mol. The number of rotatable bonds is 6. The summed E-state index contributed by atoms with van der Waals surface area (Å²) in [7, 11) is 1.47. The van der Waals surface area contributed by atoms with E-state index in [0.29, 0.717) is 24.3 Å². The molecule has 8 heteroatoms. The molecule has 1 aliphatic heterocycles. The minimum atomic E-state index is -0.970. The van der Waals surface area contributed by atoms with Crippen LogP contribution in [-0.4, -0.2) is 35.6 Å². The van der Waals surface area contributed by atoms with Gasteiger partial charge in [0, 0.05) is 31.0 Å². The Morgan fingerprint density at radius 2 is 2.14 bits per heavy atom. The number of carbonyl (C=O) groups excluding carboxylic acids is 1. The predicted octanol–water partition coefficient (Wildman–Crippen LogP) is 1.75. The average molecular weight is 308 g/mol. The molecule has 2 rings (SSSR count). The van der Waals surface area contributed by atoms with Crippen LogP contribution in [0, 0.1) is 10.1 Å². The molecule has 0 radical (unpaired) electrons. The van der Waals surface area contributed by atoms with Gasteiger partial charge in [0.15, 0.2) is 0 Å². The van der Waals surface area contributed by atoms with Crippen molar-refractivity contribution in [2.24, 2.45) is 0 Å². The molecule has 0 bridgehead atoms. The minimum Gasteiger partial charge on any atom is -0.496 e.